The molecule has 1 unspecified atom stereocenters. The number of aromatic nitrogens is 1. The minimum absolute atomic E-state index is 0.0294. The van der Waals surface area contributed by atoms with Gasteiger partial charge < -0.3 is 15.4 Å². The zero-order valence-electron chi connectivity index (χ0n) is 15.2. The Morgan fingerprint density at radius 3 is 2.54 bits per heavy atom. The zero-order valence-corrected chi connectivity index (χ0v) is 16.0. The Balaban J connectivity index is 2.02. The lowest BCUT2D eigenvalue weighted by molar-refractivity contribution is -0.138. The van der Waals surface area contributed by atoms with Crippen LogP contribution in [0.2, 0.25) is 5.02 Å². The summed E-state index contributed by atoms with van der Waals surface area (Å²) in [4.78, 5) is 29.4. The molecule has 1 aromatic rings. The first-order valence-corrected chi connectivity index (χ1v) is 8.76. The summed E-state index contributed by atoms with van der Waals surface area (Å²) in [7, 11) is 0. The second-order valence-electron chi connectivity index (χ2n) is 7.13. The van der Waals surface area contributed by atoms with E-state index in [4.69, 9.17) is 17.0 Å². The molecule has 0 saturated carbocycles. The number of imide groups is 1. The van der Waals surface area contributed by atoms with E-state index in [1.165, 1.54) is 4.90 Å². The van der Waals surface area contributed by atoms with Crippen molar-refractivity contribution in [1.29, 1.82) is 5.41 Å². The molecule has 0 spiro atoms. The third kappa shape index (κ3) is 4.79. The predicted octanol–water partition coefficient (Wildman–Crippen LogP) is 2.40. The van der Waals surface area contributed by atoms with Crippen molar-refractivity contribution in [1.82, 2.24) is 10.3 Å². The second-order valence-corrected chi connectivity index (χ2v) is 7.54. The molecule has 2 amide bonds. The lowest BCUT2D eigenvalue weighted by Crippen LogP contribution is -2.57. The highest BCUT2D eigenvalue weighted by atomic mass is 35.5. The summed E-state index contributed by atoms with van der Waals surface area (Å²) in [5.74, 6) is -1.32. The third-order valence-electron chi connectivity index (χ3n) is 4.56. The number of carbonyl (C=O) groups excluding carboxylic acids is 2. The first kappa shape index (κ1) is 22.1. The Bertz CT molecular complexity index is 798. The molecule has 2 rings (SSSR count). The van der Waals surface area contributed by atoms with Gasteiger partial charge in [0.15, 0.2) is 0 Å². The number of anilines is 1. The summed E-state index contributed by atoms with van der Waals surface area (Å²) in [5.41, 5.74) is -1.92. The van der Waals surface area contributed by atoms with Crippen LogP contribution in [0.25, 0.3) is 0 Å². The summed E-state index contributed by atoms with van der Waals surface area (Å²) < 4.78 is 38.1. The molecule has 154 valence electrons. The molecule has 1 fully saturated rings. The fourth-order valence-corrected chi connectivity index (χ4v) is 2.75. The van der Waals surface area contributed by atoms with Crippen LogP contribution in [0.3, 0.4) is 0 Å². The molecule has 0 radical (unpaired) electrons. The molecule has 0 aliphatic carbocycles. The minimum atomic E-state index is -4.58. The zero-order chi connectivity index (χ0) is 21.3. The molecule has 1 saturated heterocycles. The summed E-state index contributed by atoms with van der Waals surface area (Å²) in [6, 6.07) is -0.0635. The normalized spacial score (nSPS) is 17.1. The Morgan fingerprint density at radius 2 is 2.07 bits per heavy atom. The molecule has 1 aromatic heterocycles. The Hall–Kier alpha value is -2.20. The minimum Gasteiger partial charge on any atom is -0.395 e. The number of aliphatic hydroxyl groups excluding tert-OH is 1. The van der Waals surface area contributed by atoms with E-state index in [0.717, 1.165) is 6.07 Å². The van der Waals surface area contributed by atoms with Gasteiger partial charge in [-0.3, -0.25) is 14.9 Å². The summed E-state index contributed by atoms with van der Waals surface area (Å²) in [5, 5.41) is 19.0. The van der Waals surface area contributed by atoms with Crippen LogP contribution in [0.4, 0.5) is 19.0 Å². The van der Waals surface area contributed by atoms with E-state index in [1.54, 1.807) is 13.8 Å². The number of hydrogen-bond acceptors (Lipinski definition) is 6. The second kappa shape index (κ2) is 8.04. The van der Waals surface area contributed by atoms with Gasteiger partial charge >= 0.3 is 6.18 Å². The van der Waals surface area contributed by atoms with Gasteiger partial charge in [0.25, 0.3) is 0 Å². The van der Waals surface area contributed by atoms with E-state index < -0.39 is 35.0 Å². The maximum atomic E-state index is 12.7. The van der Waals surface area contributed by atoms with Gasteiger partial charge in [0.2, 0.25) is 11.8 Å². The number of nitrogens with one attached hydrogen (secondary N) is 2. The number of aliphatic hydroxyl groups is 1. The van der Waals surface area contributed by atoms with Gasteiger partial charge in [0.1, 0.15) is 11.9 Å². The first-order valence-electron chi connectivity index (χ1n) is 8.38. The number of amides is 2. The van der Waals surface area contributed by atoms with Crippen LogP contribution in [0.5, 0.6) is 0 Å². The molecule has 1 atom stereocenters. The molecule has 2 heterocycles. The highest BCUT2D eigenvalue weighted by Crippen LogP contribution is 2.36. The van der Waals surface area contributed by atoms with Crippen molar-refractivity contribution in [3.63, 3.8) is 0 Å². The van der Waals surface area contributed by atoms with Crippen LogP contribution in [-0.2, 0) is 15.8 Å². The first-order chi connectivity index (χ1) is 12.9. The fourth-order valence-electron chi connectivity index (χ4n) is 2.47. The van der Waals surface area contributed by atoms with Crippen molar-refractivity contribution in [2.24, 2.45) is 5.41 Å². The van der Waals surface area contributed by atoms with E-state index >= 15 is 0 Å². The lowest BCUT2D eigenvalue weighted by atomic mass is 9.86. The number of rotatable bonds is 6. The van der Waals surface area contributed by atoms with Crippen LogP contribution >= 0.6 is 11.6 Å². The van der Waals surface area contributed by atoms with Gasteiger partial charge in [-0.1, -0.05) is 25.4 Å². The lowest BCUT2D eigenvalue weighted by Gasteiger charge is -2.40. The largest absolute Gasteiger partial charge is 0.417 e. The van der Waals surface area contributed by atoms with Crippen LogP contribution in [-0.4, -0.2) is 46.8 Å². The van der Waals surface area contributed by atoms with Crippen molar-refractivity contribution in [2.45, 2.75) is 38.9 Å². The molecule has 7 nitrogen and oxygen atoms in total. The van der Waals surface area contributed by atoms with Crippen molar-refractivity contribution < 1.29 is 27.9 Å². The van der Waals surface area contributed by atoms with Gasteiger partial charge in [-0.05, 0) is 12.5 Å². The maximum Gasteiger partial charge on any atom is 0.417 e. The average molecular weight is 421 g/mol. The predicted molar refractivity (Wildman–Crippen MR) is 96.4 cm³/mol. The fraction of sp³-hybridized carbons (Fsp3) is 0.529. The van der Waals surface area contributed by atoms with Crippen LogP contribution in [0.1, 0.15) is 32.3 Å². The number of hydrogen-bond donors (Lipinski definition) is 3. The molecular formula is C17H20ClF3N4O3. The van der Waals surface area contributed by atoms with Crippen LogP contribution in [0, 0.1) is 10.8 Å². The number of alkyl halides is 3. The van der Waals surface area contributed by atoms with E-state index in [9.17, 15) is 27.9 Å². The van der Waals surface area contributed by atoms with Gasteiger partial charge in [0.05, 0.1) is 23.6 Å². The molecule has 1 aliphatic rings. The van der Waals surface area contributed by atoms with Crippen molar-refractivity contribution in [3.8, 4) is 0 Å². The molecule has 0 aromatic carbocycles. The molecule has 0 bridgehead atoms. The third-order valence-corrected chi connectivity index (χ3v) is 4.83. The molecular weight excluding hydrogens is 401 g/mol. The molecule has 1 aliphatic heterocycles. The molecule has 3 N–H and O–H groups in total. The van der Waals surface area contributed by atoms with E-state index in [-0.39, 0.29) is 29.6 Å². The molecule has 11 heteroatoms. The monoisotopic (exact) mass is 420 g/mol. The standard InChI is InChI=1S/C17H20ClF3N4O3/c1-16(2,8-26)12(22)6-13(27)24-15(28)11-3-4-25(11)14-10(18)5-9(7-23-14)17(19,20)21/h5,7,11,22,26H,3-4,6,8H2,1-2H3,(H,24,27,28). The van der Waals surface area contributed by atoms with E-state index in [0.29, 0.717) is 19.2 Å². The molecule has 28 heavy (non-hydrogen) atoms. The van der Waals surface area contributed by atoms with Crippen LogP contribution in [0.15, 0.2) is 12.3 Å². The van der Waals surface area contributed by atoms with Crippen molar-refractivity contribution in [3.05, 3.63) is 22.8 Å². The number of halogens is 4. The van der Waals surface area contributed by atoms with Crippen molar-refractivity contribution in [2.75, 3.05) is 18.1 Å². The van der Waals surface area contributed by atoms with E-state index in [2.05, 4.69) is 10.3 Å². The average Bonchev–Trinajstić information content (AvgIpc) is 2.54. The van der Waals surface area contributed by atoms with Gasteiger partial charge in [0, 0.05) is 23.9 Å². The topological polar surface area (TPSA) is 106 Å². The highest BCUT2D eigenvalue weighted by Gasteiger charge is 2.38. The van der Waals surface area contributed by atoms with Gasteiger partial charge in [-0.15, -0.1) is 0 Å². The maximum absolute atomic E-state index is 12.7. The number of carbonyl (C=O) groups is 2. The van der Waals surface area contributed by atoms with Gasteiger partial charge in [-0.25, -0.2) is 4.98 Å². The Kier molecular flexibility index (Phi) is 6.34. The Morgan fingerprint density at radius 1 is 1.43 bits per heavy atom. The quantitative estimate of drug-likeness (QED) is 0.613. The number of nitrogens with zero attached hydrogens (tertiary/aromatic N) is 2. The van der Waals surface area contributed by atoms with Gasteiger partial charge in [-0.2, -0.15) is 13.2 Å². The summed E-state index contributed by atoms with van der Waals surface area (Å²) in [6.07, 6.45) is -3.93. The number of pyridine rings is 1. The van der Waals surface area contributed by atoms with Crippen molar-refractivity contribution >= 4 is 34.9 Å². The summed E-state index contributed by atoms with van der Waals surface area (Å²) >= 11 is 5.90. The highest BCUT2D eigenvalue weighted by molar-refractivity contribution is 6.33. The SMILES string of the molecule is CC(C)(CO)C(=N)CC(=O)NC(=O)C1CCN1c1ncc(C(F)(F)F)cc1Cl. The smallest absolute Gasteiger partial charge is 0.395 e. The van der Waals surface area contributed by atoms with Crippen LogP contribution < -0.4 is 10.2 Å². The Labute approximate surface area is 164 Å². The van der Waals surface area contributed by atoms with E-state index in [1.807, 2.05) is 0 Å². The summed E-state index contributed by atoms with van der Waals surface area (Å²) in [6.45, 7) is 3.21.